The summed E-state index contributed by atoms with van der Waals surface area (Å²) < 4.78 is 33.1. The van der Waals surface area contributed by atoms with Crippen molar-refractivity contribution >= 4 is 23.5 Å². The fourth-order valence-corrected chi connectivity index (χ4v) is 3.40. The third-order valence-corrected chi connectivity index (χ3v) is 4.95. The Morgan fingerprint density at radius 2 is 1.84 bits per heavy atom. The number of ether oxygens (including phenoxy) is 1. The molecule has 3 rings (SSSR count). The Bertz CT molecular complexity index is 1120. The Labute approximate surface area is 183 Å². The van der Waals surface area contributed by atoms with Gasteiger partial charge in [0, 0.05) is 13.6 Å². The number of rotatable bonds is 6. The van der Waals surface area contributed by atoms with Gasteiger partial charge >= 0.3 is 5.97 Å². The quantitative estimate of drug-likeness (QED) is 0.528. The monoisotopic (exact) mass is 447 g/mol. The first-order valence-electron chi connectivity index (χ1n) is 9.39. The van der Waals surface area contributed by atoms with Crippen LogP contribution < -0.4 is 0 Å². The van der Waals surface area contributed by atoms with E-state index in [1.807, 2.05) is 0 Å². The van der Waals surface area contributed by atoms with Gasteiger partial charge in [-0.3, -0.25) is 4.79 Å². The van der Waals surface area contributed by atoms with Crippen LogP contribution in [0.1, 0.15) is 28.5 Å². The van der Waals surface area contributed by atoms with E-state index in [1.54, 1.807) is 19.1 Å². The molecule has 0 aliphatic carbocycles. The summed E-state index contributed by atoms with van der Waals surface area (Å²) >= 11 is 6.32. The second-order valence-corrected chi connectivity index (χ2v) is 7.37. The van der Waals surface area contributed by atoms with Crippen molar-refractivity contribution in [2.45, 2.75) is 26.5 Å². The second-order valence-electron chi connectivity index (χ2n) is 7.01. The molecule has 162 valence electrons. The van der Waals surface area contributed by atoms with Gasteiger partial charge in [-0.25, -0.2) is 18.3 Å². The van der Waals surface area contributed by atoms with E-state index in [-0.39, 0.29) is 17.3 Å². The van der Waals surface area contributed by atoms with Crippen LogP contribution in [0.15, 0.2) is 48.5 Å². The van der Waals surface area contributed by atoms with E-state index in [2.05, 4.69) is 5.10 Å². The Morgan fingerprint density at radius 3 is 2.48 bits per heavy atom. The zero-order valence-electron chi connectivity index (χ0n) is 17.1. The van der Waals surface area contributed by atoms with E-state index in [0.717, 1.165) is 0 Å². The van der Waals surface area contributed by atoms with Crippen LogP contribution in [0, 0.1) is 18.6 Å². The highest BCUT2D eigenvalue weighted by Crippen LogP contribution is 2.25. The Hall–Kier alpha value is -3.26. The lowest BCUT2D eigenvalue weighted by molar-refractivity contribution is -0.139. The molecule has 9 heteroatoms. The fraction of sp³-hybridized carbons (Fsp3) is 0.227. The predicted molar refractivity (Wildman–Crippen MR) is 111 cm³/mol. The minimum Gasteiger partial charge on any atom is -0.449 e. The smallest absolute Gasteiger partial charge is 0.344 e. The van der Waals surface area contributed by atoms with Crippen LogP contribution in [-0.4, -0.2) is 39.7 Å². The molecule has 0 aliphatic rings. The summed E-state index contributed by atoms with van der Waals surface area (Å²) in [6.07, 6.45) is -1.10. The van der Waals surface area contributed by atoms with E-state index in [0.29, 0.717) is 16.9 Å². The van der Waals surface area contributed by atoms with Crippen LogP contribution in [0.2, 0.25) is 5.15 Å². The number of likely N-dealkylation sites (N-methyl/N-ethyl adjacent to an activating group) is 1. The maximum atomic E-state index is 13.3. The number of aryl methyl sites for hydroxylation is 1. The van der Waals surface area contributed by atoms with Crippen molar-refractivity contribution in [1.82, 2.24) is 14.7 Å². The first kappa shape index (κ1) is 22.4. The number of aromatic nitrogens is 2. The van der Waals surface area contributed by atoms with Gasteiger partial charge < -0.3 is 9.64 Å². The molecule has 1 aromatic heterocycles. The molecule has 2 aromatic carbocycles. The molecule has 0 saturated heterocycles. The minimum atomic E-state index is -1.10. The zero-order valence-corrected chi connectivity index (χ0v) is 17.9. The number of carbonyl (C=O) groups excluding carboxylic acids is 2. The lowest BCUT2D eigenvalue weighted by Gasteiger charge is -2.21. The summed E-state index contributed by atoms with van der Waals surface area (Å²) in [5.41, 5.74) is 1.38. The third kappa shape index (κ3) is 5.08. The standard InChI is InChI=1S/C22H20ClF2N3O3/c1-13-19(20(23)28(26-13)18-9-7-16(24)8-10-18)22(30)31-14(2)21(29)27(3)12-15-5-4-6-17(25)11-15/h4-11,14H,12H2,1-3H3. The van der Waals surface area contributed by atoms with Crippen molar-refractivity contribution in [2.75, 3.05) is 7.05 Å². The SMILES string of the molecule is Cc1nn(-c2ccc(F)cc2)c(Cl)c1C(=O)OC(C)C(=O)N(C)Cc1cccc(F)c1. The average molecular weight is 448 g/mol. The Morgan fingerprint density at radius 1 is 1.16 bits per heavy atom. The van der Waals surface area contributed by atoms with Crippen LogP contribution in [0.25, 0.3) is 5.69 Å². The van der Waals surface area contributed by atoms with Crippen LogP contribution in [0.5, 0.6) is 0 Å². The number of halogens is 3. The largest absolute Gasteiger partial charge is 0.449 e. The van der Waals surface area contributed by atoms with Gasteiger partial charge in [0.2, 0.25) is 0 Å². The van der Waals surface area contributed by atoms with Gasteiger partial charge in [0.1, 0.15) is 22.4 Å². The highest BCUT2D eigenvalue weighted by molar-refractivity contribution is 6.33. The first-order chi connectivity index (χ1) is 14.7. The molecule has 0 saturated carbocycles. The van der Waals surface area contributed by atoms with Crippen molar-refractivity contribution in [3.8, 4) is 5.69 Å². The van der Waals surface area contributed by atoms with E-state index < -0.39 is 29.6 Å². The van der Waals surface area contributed by atoms with E-state index in [1.165, 1.54) is 60.0 Å². The summed E-state index contributed by atoms with van der Waals surface area (Å²) in [5.74, 6) is -2.09. The van der Waals surface area contributed by atoms with Gasteiger partial charge in [0.05, 0.1) is 11.4 Å². The molecule has 6 nitrogen and oxygen atoms in total. The van der Waals surface area contributed by atoms with Crippen LogP contribution in [-0.2, 0) is 16.1 Å². The van der Waals surface area contributed by atoms with Crippen molar-refractivity contribution in [1.29, 1.82) is 0 Å². The molecule has 0 spiro atoms. The van der Waals surface area contributed by atoms with Crippen LogP contribution >= 0.6 is 11.6 Å². The minimum absolute atomic E-state index is 0.0122. The van der Waals surface area contributed by atoms with Gasteiger partial charge in [-0.1, -0.05) is 23.7 Å². The fourth-order valence-electron chi connectivity index (χ4n) is 3.05. The highest BCUT2D eigenvalue weighted by atomic mass is 35.5. The molecular weight excluding hydrogens is 428 g/mol. The maximum Gasteiger partial charge on any atom is 0.344 e. The van der Waals surface area contributed by atoms with Crippen LogP contribution in [0.4, 0.5) is 8.78 Å². The molecule has 0 N–H and O–H groups in total. The third-order valence-electron chi connectivity index (χ3n) is 4.60. The summed E-state index contributed by atoms with van der Waals surface area (Å²) in [5, 5.41) is 4.20. The number of benzene rings is 2. The number of nitrogens with zero attached hydrogens (tertiary/aromatic N) is 3. The predicted octanol–water partition coefficient (Wildman–Crippen LogP) is 4.32. The van der Waals surface area contributed by atoms with E-state index >= 15 is 0 Å². The molecule has 1 heterocycles. The van der Waals surface area contributed by atoms with Crippen molar-refractivity contribution in [3.63, 3.8) is 0 Å². The normalized spacial score (nSPS) is 11.8. The molecule has 31 heavy (non-hydrogen) atoms. The Balaban J connectivity index is 1.72. The molecule has 3 aromatic rings. The van der Waals surface area contributed by atoms with Crippen molar-refractivity contribution in [2.24, 2.45) is 0 Å². The van der Waals surface area contributed by atoms with Crippen molar-refractivity contribution < 1.29 is 23.1 Å². The number of esters is 1. The number of amides is 1. The first-order valence-corrected chi connectivity index (χ1v) is 9.76. The van der Waals surface area contributed by atoms with E-state index in [9.17, 15) is 18.4 Å². The molecule has 1 amide bonds. The van der Waals surface area contributed by atoms with Crippen LogP contribution in [0.3, 0.4) is 0 Å². The maximum absolute atomic E-state index is 13.3. The molecule has 0 aliphatic heterocycles. The Kier molecular flexibility index (Phi) is 6.70. The molecule has 1 atom stereocenters. The van der Waals surface area contributed by atoms with Gasteiger partial charge in [0.25, 0.3) is 5.91 Å². The lowest BCUT2D eigenvalue weighted by atomic mass is 10.2. The zero-order chi connectivity index (χ0) is 22.7. The lowest BCUT2D eigenvalue weighted by Crippen LogP contribution is -2.37. The molecule has 0 bridgehead atoms. The van der Waals surface area contributed by atoms with Crippen molar-refractivity contribution in [3.05, 3.63) is 82.1 Å². The van der Waals surface area contributed by atoms with Gasteiger partial charge in [0.15, 0.2) is 6.10 Å². The molecule has 0 radical (unpaired) electrons. The summed E-state index contributed by atoms with van der Waals surface area (Å²) in [4.78, 5) is 26.6. The summed E-state index contributed by atoms with van der Waals surface area (Å²) in [6, 6.07) is 11.3. The summed E-state index contributed by atoms with van der Waals surface area (Å²) in [7, 11) is 1.53. The van der Waals surface area contributed by atoms with E-state index in [4.69, 9.17) is 16.3 Å². The molecular formula is C22H20ClF2N3O3. The highest BCUT2D eigenvalue weighted by Gasteiger charge is 2.27. The second kappa shape index (κ2) is 9.26. The summed E-state index contributed by atoms with van der Waals surface area (Å²) in [6.45, 7) is 3.17. The average Bonchev–Trinajstić information content (AvgIpc) is 3.02. The van der Waals surface area contributed by atoms with Gasteiger partial charge in [-0.15, -0.1) is 0 Å². The number of hydrogen-bond donors (Lipinski definition) is 0. The number of hydrogen-bond acceptors (Lipinski definition) is 4. The topological polar surface area (TPSA) is 64.4 Å². The molecule has 0 fully saturated rings. The molecule has 1 unspecified atom stereocenters. The number of carbonyl (C=O) groups is 2. The van der Waals surface area contributed by atoms with Gasteiger partial charge in [-0.05, 0) is 55.8 Å². The van der Waals surface area contributed by atoms with Gasteiger partial charge in [-0.2, -0.15) is 5.10 Å².